The number of rotatable bonds is 3. The number of hydrogen-bond donors (Lipinski definition) is 2. The molecule has 0 aromatic heterocycles. The van der Waals surface area contributed by atoms with Gasteiger partial charge in [-0.1, -0.05) is 24.1 Å². The van der Waals surface area contributed by atoms with Crippen molar-refractivity contribution in [1.29, 1.82) is 0 Å². The number of nitrogens with one attached hydrogen (secondary N) is 1. The fourth-order valence-corrected chi connectivity index (χ4v) is 4.39. The zero-order valence-corrected chi connectivity index (χ0v) is 13.6. The van der Waals surface area contributed by atoms with E-state index in [9.17, 15) is 4.79 Å². The predicted molar refractivity (Wildman–Crippen MR) is 87.3 cm³/mol. The Morgan fingerprint density at radius 3 is 2.64 bits per heavy atom. The molecule has 0 aliphatic heterocycles. The first kappa shape index (κ1) is 15.6. The molecule has 0 radical (unpaired) electrons. The van der Waals surface area contributed by atoms with Crippen LogP contribution in [0.3, 0.4) is 0 Å². The molecule has 22 heavy (non-hydrogen) atoms. The molecule has 2 atom stereocenters. The lowest BCUT2D eigenvalue weighted by atomic mass is 9.67. The van der Waals surface area contributed by atoms with Crippen LogP contribution >= 0.6 is 11.6 Å². The Morgan fingerprint density at radius 1 is 1.32 bits per heavy atom. The van der Waals surface area contributed by atoms with Gasteiger partial charge in [-0.15, -0.1) is 0 Å². The Bertz CT molecular complexity index is 550. The zero-order valence-electron chi connectivity index (χ0n) is 12.8. The Morgan fingerprint density at radius 2 is 2.00 bits per heavy atom. The van der Waals surface area contributed by atoms with Crippen LogP contribution < -0.4 is 15.8 Å². The minimum Gasteiger partial charge on any atom is -0.496 e. The lowest BCUT2D eigenvalue weighted by molar-refractivity contribution is 0.0753. The number of halogens is 1. The van der Waals surface area contributed by atoms with Crippen molar-refractivity contribution >= 4 is 17.5 Å². The number of carbonyl (C=O) groups excluding carboxylic acids is 1. The number of hydrogen-bond acceptors (Lipinski definition) is 3. The fraction of sp³-hybridized carbons (Fsp3) is 0.588. The normalized spacial score (nSPS) is 30.7. The lowest BCUT2D eigenvalue weighted by Crippen LogP contribution is -2.53. The number of carbonyl (C=O) groups is 1. The van der Waals surface area contributed by atoms with Crippen LogP contribution in [-0.4, -0.2) is 25.1 Å². The van der Waals surface area contributed by atoms with Crippen molar-refractivity contribution in [2.24, 2.45) is 17.6 Å². The molecule has 4 nitrogen and oxygen atoms in total. The number of ether oxygens (including phenoxy) is 1. The minimum absolute atomic E-state index is 0.139. The summed E-state index contributed by atoms with van der Waals surface area (Å²) >= 11 is 6.20. The van der Waals surface area contributed by atoms with Crippen LogP contribution in [0.1, 0.15) is 42.5 Å². The van der Waals surface area contributed by atoms with Crippen molar-refractivity contribution in [2.45, 2.75) is 44.2 Å². The molecule has 2 bridgehead atoms. The Labute approximate surface area is 136 Å². The van der Waals surface area contributed by atoms with Crippen molar-refractivity contribution in [2.75, 3.05) is 7.11 Å². The molecule has 2 aliphatic carbocycles. The van der Waals surface area contributed by atoms with Gasteiger partial charge in [0.15, 0.2) is 0 Å². The monoisotopic (exact) mass is 322 g/mol. The first-order chi connectivity index (χ1) is 10.6. The molecule has 1 aromatic carbocycles. The number of amides is 1. The lowest BCUT2D eigenvalue weighted by Gasteiger charge is -2.45. The van der Waals surface area contributed by atoms with E-state index in [0.717, 1.165) is 25.7 Å². The molecule has 0 saturated heterocycles. The van der Waals surface area contributed by atoms with Gasteiger partial charge in [0.2, 0.25) is 0 Å². The summed E-state index contributed by atoms with van der Waals surface area (Å²) in [6.07, 6.45) is 5.54. The van der Waals surface area contributed by atoms with Gasteiger partial charge in [-0.3, -0.25) is 4.79 Å². The topological polar surface area (TPSA) is 64.3 Å². The Balaban J connectivity index is 1.80. The van der Waals surface area contributed by atoms with E-state index in [1.165, 1.54) is 6.42 Å². The van der Waals surface area contributed by atoms with Gasteiger partial charge >= 0.3 is 0 Å². The molecular weight excluding hydrogens is 300 g/mol. The summed E-state index contributed by atoms with van der Waals surface area (Å²) < 4.78 is 5.28. The van der Waals surface area contributed by atoms with Gasteiger partial charge in [0.25, 0.3) is 5.91 Å². The zero-order chi connectivity index (χ0) is 15.7. The summed E-state index contributed by atoms with van der Waals surface area (Å²) in [4.78, 5) is 12.7. The van der Waals surface area contributed by atoms with E-state index in [-0.39, 0.29) is 18.0 Å². The second kappa shape index (κ2) is 6.47. The molecule has 0 heterocycles. The summed E-state index contributed by atoms with van der Waals surface area (Å²) in [5.41, 5.74) is 6.58. The Hall–Kier alpha value is -1.26. The maximum atomic E-state index is 12.7. The van der Waals surface area contributed by atoms with E-state index in [4.69, 9.17) is 22.1 Å². The van der Waals surface area contributed by atoms with Gasteiger partial charge < -0.3 is 15.8 Å². The van der Waals surface area contributed by atoms with Gasteiger partial charge in [0.05, 0.1) is 17.7 Å². The highest BCUT2D eigenvalue weighted by Gasteiger charge is 2.40. The summed E-state index contributed by atoms with van der Waals surface area (Å²) in [5.74, 6) is 1.35. The molecule has 120 valence electrons. The van der Waals surface area contributed by atoms with Crippen molar-refractivity contribution in [3.63, 3.8) is 0 Å². The van der Waals surface area contributed by atoms with Crippen molar-refractivity contribution in [1.82, 2.24) is 5.32 Å². The van der Waals surface area contributed by atoms with Crippen LogP contribution in [0.5, 0.6) is 5.75 Å². The van der Waals surface area contributed by atoms with Crippen molar-refractivity contribution in [3.05, 3.63) is 28.8 Å². The molecule has 3 rings (SSSR count). The molecule has 1 aromatic rings. The maximum absolute atomic E-state index is 12.7. The molecular formula is C17H23ClN2O2. The largest absolute Gasteiger partial charge is 0.496 e. The molecule has 2 fully saturated rings. The minimum atomic E-state index is -0.139. The van der Waals surface area contributed by atoms with Gasteiger partial charge in [-0.05, 0) is 49.7 Å². The van der Waals surface area contributed by atoms with Gasteiger partial charge in [-0.2, -0.15) is 0 Å². The second-order valence-electron chi connectivity index (χ2n) is 6.50. The summed E-state index contributed by atoms with van der Waals surface area (Å²) in [6.45, 7) is 0. The quantitative estimate of drug-likeness (QED) is 0.899. The summed E-state index contributed by atoms with van der Waals surface area (Å²) in [5, 5.41) is 3.64. The van der Waals surface area contributed by atoms with E-state index >= 15 is 0 Å². The van der Waals surface area contributed by atoms with E-state index < -0.39 is 0 Å². The van der Waals surface area contributed by atoms with Crippen LogP contribution in [0, 0.1) is 11.8 Å². The van der Waals surface area contributed by atoms with Gasteiger partial charge in [0.1, 0.15) is 5.75 Å². The maximum Gasteiger partial charge on any atom is 0.256 e. The SMILES string of the molecule is COc1cccc(Cl)c1C(=O)NC1C2CCCC1CC(N)C2. The predicted octanol–water partition coefficient (Wildman–Crippen LogP) is 2.98. The van der Waals surface area contributed by atoms with Crippen LogP contribution in [0.2, 0.25) is 5.02 Å². The van der Waals surface area contributed by atoms with E-state index in [1.807, 2.05) is 0 Å². The molecule has 3 N–H and O–H groups in total. The van der Waals surface area contributed by atoms with Crippen LogP contribution in [0.4, 0.5) is 0 Å². The highest BCUT2D eigenvalue weighted by molar-refractivity contribution is 6.34. The van der Waals surface area contributed by atoms with Crippen LogP contribution in [0.25, 0.3) is 0 Å². The van der Waals surface area contributed by atoms with Gasteiger partial charge in [0, 0.05) is 12.1 Å². The Kier molecular flexibility index (Phi) is 4.59. The molecule has 1 amide bonds. The molecule has 5 heteroatoms. The average molecular weight is 323 g/mol. The molecule has 2 saturated carbocycles. The van der Waals surface area contributed by atoms with E-state index in [0.29, 0.717) is 28.2 Å². The van der Waals surface area contributed by atoms with E-state index in [2.05, 4.69) is 5.32 Å². The van der Waals surface area contributed by atoms with E-state index in [1.54, 1.807) is 25.3 Å². The van der Waals surface area contributed by atoms with Crippen molar-refractivity contribution < 1.29 is 9.53 Å². The van der Waals surface area contributed by atoms with Gasteiger partial charge in [-0.25, -0.2) is 0 Å². The fourth-order valence-electron chi connectivity index (χ4n) is 4.14. The number of methoxy groups -OCH3 is 1. The first-order valence-corrected chi connectivity index (χ1v) is 8.37. The first-order valence-electron chi connectivity index (χ1n) is 7.99. The molecule has 2 unspecified atom stereocenters. The third-order valence-electron chi connectivity index (χ3n) is 5.10. The molecule has 2 aliphatic rings. The number of benzene rings is 1. The van der Waals surface area contributed by atoms with Crippen LogP contribution in [0.15, 0.2) is 18.2 Å². The highest BCUT2D eigenvalue weighted by atomic mass is 35.5. The smallest absolute Gasteiger partial charge is 0.256 e. The standard InChI is InChI=1S/C17H23ClN2O2/c1-22-14-7-3-6-13(18)15(14)17(21)20-16-10-4-2-5-11(16)9-12(19)8-10/h3,6-7,10-12,16H,2,4-5,8-9,19H2,1H3,(H,20,21). The summed E-state index contributed by atoms with van der Waals surface area (Å²) in [6, 6.07) is 5.75. The summed E-state index contributed by atoms with van der Waals surface area (Å²) in [7, 11) is 1.55. The third kappa shape index (κ3) is 2.95. The highest BCUT2D eigenvalue weighted by Crippen LogP contribution is 2.40. The number of nitrogens with two attached hydrogens (primary N) is 1. The van der Waals surface area contributed by atoms with Crippen molar-refractivity contribution in [3.8, 4) is 5.75 Å². The third-order valence-corrected chi connectivity index (χ3v) is 5.41. The average Bonchev–Trinajstić information content (AvgIpc) is 2.47. The second-order valence-corrected chi connectivity index (χ2v) is 6.91. The van der Waals surface area contributed by atoms with Crippen LogP contribution in [-0.2, 0) is 0 Å². The number of fused-ring (bicyclic) bond motifs is 2. The molecule has 0 spiro atoms.